The molecule has 0 saturated carbocycles. The van der Waals surface area contributed by atoms with Crippen molar-refractivity contribution in [3.63, 3.8) is 0 Å². The average molecular weight is 356 g/mol. The van der Waals surface area contributed by atoms with E-state index in [1.807, 2.05) is 56.5 Å². The number of hydrogen-bond acceptors (Lipinski definition) is 3. The van der Waals surface area contributed by atoms with Crippen LogP contribution in [0.1, 0.15) is 27.9 Å². The van der Waals surface area contributed by atoms with Crippen LogP contribution in [0.4, 0.5) is 5.69 Å². The molecule has 1 atom stereocenters. The Hall–Kier alpha value is -2.27. The first-order valence-corrected chi connectivity index (χ1v) is 9.63. The molecule has 0 aliphatic carbocycles. The molecule has 0 aromatic heterocycles. The number of benzene rings is 2. The molecular weight excluding hydrogens is 332 g/mol. The lowest BCUT2D eigenvalue weighted by Crippen LogP contribution is -2.44. The van der Waals surface area contributed by atoms with E-state index in [1.165, 1.54) is 0 Å². The second kappa shape index (κ2) is 9.28. The van der Waals surface area contributed by atoms with Crippen LogP contribution in [0, 0.1) is 13.8 Å². The second-order valence-electron chi connectivity index (χ2n) is 5.98. The van der Waals surface area contributed by atoms with Crippen LogP contribution >= 0.6 is 11.8 Å². The first kappa shape index (κ1) is 19.1. The number of thioether (sulfide) groups is 1. The fraction of sp³-hybridized carbons (Fsp3) is 0.300. The predicted octanol–water partition coefficient (Wildman–Crippen LogP) is 3.79. The summed E-state index contributed by atoms with van der Waals surface area (Å²) in [6.45, 7) is 3.94. The summed E-state index contributed by atoms with van der Waals surface area (Å²) in [4.78, 5) is 25.1. The molecule has 0 spiro atoms. The van der Waals surface area contributed by atoms with Crippen LogP contribution in [-0.2, 0) is 4.79 Å². The van der Waals surface area contributed by atoms with Crippen LogP contribution in [0.15, 0.2) is 48.5 Å². The first-order chi connectivity index (χ1) is 12.0. The Kier molecular flexibility index (Phi) is 7.07. The van der Waals surface area contributed by atoms with Gasteiger partial charge in [-0.05, 0) is 61.6 Å². The van der Waals surface area contributed by atoms with Crippen LogP contribution in [0.3, 0.4) is 0 Å². The van der Waals surface area contributed by atoms with Crippen molar-refractivity contribution >= 4 is 29.3 Å². The zero-order valence-electron chi connectivity index (χ0n) is 14.8. The van der Waals surface area contributed by atoms with Crippen LogP contribution < -0.4 is 10.6 Å². The maximum absolute atomic E-state index is 12.7. The Morgan fingerprint density at radius 3 is 2.48 bits per heavy atom. The highest BCUT2D eigenvalue weighted by Crippen LogP contribution is 2.17. The molecule has 2 aromatic rings. The fourth-order valence-electron chi connectivity index (χ4n) is 2.43. The van der Waals surface area contributed by atoms with Gasteiger partial charge in [-0.15, -0.1) is 0 Å². The molecule has 5 heteroatoms. The van der Waals surface area contributed by atoms with Gasteiger partial charge >= 0.3 is 0 Å². The quantitative estimate of drug-likeness (QED) is 0.793. The molecule has 2 aromatic carbocycles. The van der Waals surface area contributed by atoms with Crippen molar-refractivity contribution < 1.29 is 9.59 Å². The molecule has 0 bridgehead atoms. The third kappa shape index (κ3) is 5.64. The highest BCUT2D eigenvalue weighted by molar-refractivity contribution is 7.98. The van der Waals surface area contributed by atoms with Gasteiger partial charge in [-0.25, -0.2) is 0 Å². The summed E-state index contributed by atoms with van der Waals surface area (Å²) in [6.07, 6.45) is 2.56. The lowest BCUT2D eigenvalue weighted by atomic mass is 10.1. The number of anilines is 1. The van der Waals surface area contributed by atoms with Gasteiger partial charge in [-0.2, -0.15) is 11.8 Å². The van der Waals surface area contributed by atoms with E-state index in [0.29, 0.717) is 12.0 Å². The van der Waals surface area contributed by atoms with Gasteiger partial charge in [-0.3, -0.25) is 9.59 Å². The van der Waals surface area contributed by atoms with E-state index in [4.69, 9.17) is 0 Å². The molecule has 0 saturated heterocycles. The van der Waals surface area contributed by atoms with Gasteiger partial charge in [0.25, 0.3) is 5.91 Å². The molecule has 2 rings (SSSR count). The Balaban J connectivity index is 2.11. The Labute approximate surface area is 153 Å². The minimum atomic E-state index is -0.569. The summed E-state index contributed by atoms with van der Waals surface area (Å²) in [6, 6.07) is 14.3. The number of amides is 2. The summed E-state index contributed by atoms with van der Waals surface area (Å²) >= 11 is 1.65. The zero-order valence-corrected chi connectivity index (χ0v) is 15.7. The molecule has 0 heterocycles. The summed E-state index contributed by atoms with van der Waals surface area (Å²) in [7, 11) is 0. The molecule has 25 heavy (non-hydrogen) atoms. The van der Waals surface area contributed by atoms with E-state index in [-0.39, 0.29) is 11.8 Å². The van der Waals surface area contributed by atoms with Crippen molar-refractivity contribution in [3.05, 3.63) is 65.2 Å². The molecule has 2 amide bonds. The van der Waals surface area contributed by atoms with Gasteiger partial charge in [0.05, 0.1) is 0 Å². The van der Waals surface area contributed by atoms with Crippen molar-refractivity contribution in [1.82, 2.24) is 5.32 Å². The molecule has 4 nitrogen and oxygen atoms in total. The lowest BCUT2D eigenvalue weighted by Gasteiger charge is -2.19. The third-order valence-corrected chi connectivity index (χ3v) is 4.56. The van der Waals surface area contributed by atoms with E-state index in [9.17, 15) is 9.59 Å². The predicted molar refractivity (Wildman–Crippen MR) is 105 cm³/mol. The maximum atomic E-state index is 12.7. The summed E-state index contributed by atoms with van der Waals surface area (Å²) in [5.41, 5.74) is 3.41. The smallest absolute Gasteiger partial charge is 0.251 e. The van der Waals surface area contributed by atoms with Crippen molar-refractivity contribution in [2.45, 2.75) is 26.3 Å². The number of hydrogen-bond donors (Lipinski definition) is 2. The monoisotopic (exact) mass is 356 g/mol. The summed E-state index contributed by atoms with van der Waals surface area (Å²) < 4.78 is 0. The van der Waals surface area contributed by atoms with Gasteiger partial charge in [0.15, 0.2) is 0 Å². The molecule has 0 aliphatic heterocycles. The van der Waals surface area contributed by atoms with Gasteiger partial charge < -0.3 is 10.6 Å². The number of aryl methyl sites for hydroxylation is 2. The van der Waals surface area contributed by atoms with Gasteiger partial charge in [0, 0.05) is 11.3 Å². The van der Waals surface area contributed by atoms with E-state index in [0.717, 1.165) is 22.6 Å². The number of nitrogens with one attached hydrogen (secondary N) is 2. The number of carbonyl (C=O) groups is 2. The molecule has 132 valence electrons. The van der Waals surface area contributed by atoms with Crippen molar-refractivity contribution in [3.8, 4) is 0 Å². The van der Waals surface area contributed by atoms with Crippen LogP contribution in [-0.4, -0.2) is 29.9 Å². The van der Waals surface area contributed by atoms with Crippen molar-refractivity contribution in [1.29, 1.82) is 0 Å². The SMILES string of the molecule is CSCCC(NC(=O)c1ccccc1)C(=O)Nc1cc(C)ccc1C. The lowest BCUT2D eigenvalue weighted by molar-refractivity contribution is -0.118. The number of carbonyl (C=O) groups excluding carboxylic acids is 2. The summed E-state index contributed by atoms with van der Waals surface area (Å²) in [5, 5.41) is 5.81. The highest BCUT2D eigenvalue weighted by atomic mass is 32.2. The van der Waals surface area contributed by atoms with Crippen molar-refractivity contribution in [2.75, 3.05) is 17.3 Å². The fourth-order valence-corrected chi connectivity index (χ4v) is 2.90. The molecular formula is C20H24N2O2S. The Morgan fingerprint density at radius 2 is 1.80 bits per heavy atom. The Morgan fingerprint density at radius 1 is 1.08 bits per heavy atom. The van der Waals surface area contributed by atoms with Crippen LogP contribution in [0.2, 0.25) is 0 Å². The molecule has 0 fully saturated rings. The molecule has 2 N–H and O–H groups in total. The van der Waals surface area contributed by atoms with E-state index < -0.39 is 6.04 Å². The largest absolute Gasteiger partial charge is 0.340 e. The van der Waals surface area contributed by atoms with Gasteiger partial charge in [0.1, 0.15) is 6.04 Å². The number of rotatable bonds is 7. The minimum Gasteiger partial charge on any atom is -0.340 e. The van der Waals surface area contributed by atoms with Crippen LogP contribution in [0.25, 0.3) is 0 Å². The van der Waals surface area contributed by atoms with Gasteiger partial charge in [0.2, 0.25) is 5.91 Å². The van der Waals surface area contributed by atoms with E-state index >= 15 is 0 Å². The summed E-state index contributed by atoms with van der Waals surface area (Å²) in [5.74, 6) is 0.370. The highest BCUT2D eigenvalue weighted by Gasteiger charge is 2.21. The molecule has 0 aliphatic rings. The van der Waals surface area contributed by atoms with Crippen molar-refractivity contribution in [2.24, 2.45) is 0 Å². The average Bonchev–Trinajstić information content (AvgIpc) is 2.62. The first-order valence-electron chi connectivity index (χ1n) is 8.24. The normalized spacial score (nSPS) is 11.6. The Bertz CT molecular complexity index is 732. The molecule has 1 unspecified atom stereocenters. The van der Waals surface area contributed by atoms with Crippen LogP contribution in [0.5, 0.6) is 0 Å². The molecule has 0 radical (unpaired) electrons. The third-order valence-electron chi connectivity index (χ3n) is 3.92. The van der Waals surface area contributed by atoms with E-state index in [1.54, 1.807) is 23.9 Å². The topological polar surface area (TPSA) is 58.2 Å². The minimum absolute atomic E-state index is 0.188. The standard InChI is InChI=1S/C20H24N2O2S/c1-14-9-10-15(2)18(13-14)22-20(24)17(11-12-25-3)21-19(23)16-7-5-4-6-8-16/h4-10,13,17H,11-12H2,1-3H3,(H,21,23)(H,22,24). The van der Waals surface area contributed by atoms with E-state index in [2.05, 4.69) is 10.6 Å². The van der Waals surface area contributed by atoms with Gasteiger partial charge in [-0.1, -0.05) is 30.3 Å². The zero-order chi connectivity index (χ0) is 18.2. The second-order valence-corrected chi connectivity index (χ2v) is 6.97. The maximum Gasteiger partial charge on any atom is 0.251 e.